The first-order chi connectivity index (χ1) is 9.11. The smallest absolute Gasteiger partial charge is 0.148 e. The van der Waals surface area contributed by atoms with Crippen LogP contribution in [-0.4, -0.2) is 10.1 Å². The van der Waals surface area contributed by atoms with Crippen LogP contribution in [0, 0.1) is 0 Å². The normalized spacial score (nSPS) is 10.5. The Kier molecular flexibility index (Phi) is 5.21. The van der Waals surface area contributed by atoms with Crippen LogP contribution in [0.3, 0.4) is 0 Å². The van der Waals surface area contributed by atoms with Crippen molar-refractivity contribution in [1.82, 2.24) is 4.98 Å². The summed E-state index contributed by atoms with van der Waals surface area (Å²) in [4.78, 5) is 3.92. The van der Waals surface area contributed by atoms with Gasteiger partial charge in [0, 0.05) is 18.0 Å². The Bertz CT molecular complexity index is 570. The highest BCUT2D eigenvalue weighted by molar-refractivity contribution is 9.11. The summed E-state index contributed by atoms with van der Waals surface area (Å²) in [5.74, 6) is 0.671. The fourth-order valence-electron chi connectivity index (χ4n) is 1.51. The van der Waals surface area contributed by atoms with Crippen LogP contribution in [0.5, 0.6) is 5.75 Å². The lowest BCUT2D eigenvalue weighted by Gasteiger charge is -2.12. The standard InChI is InChI=1S/C13H10Br2ClNO2/c14-10-3-8(6-18)4-11(15)13(10)19-7-9-1-2-17-5-12(9)16/h1-5,18H,6-7H2. The average Bonchev–Trinajstić information content (AvgIpc) is 2.39. The zero-order chi connectivity index (χ0) is 13.8. The van der Waals surface area contributed by atoms with Crippen molar-refractivity contribution in [2.24, 2.45) is 0 Å². The highest BCUT2D eigenvalue weighted by atomic mass is 79.9. The number of hydrogen-bond donors (Lipinski definition) is 1. The third-order valence-electron chi connectivity index (χ3n) is 2.47. The zero-order valence-electron chi connectivity index (χ0n) is 9.74. The molecule has 1 aromatic heterocycles. The maximum absolute atomic E-state index is 9.11. The molecule has 0 spiro atoms. The maximum Gasteiger partial charge on any atom is 0.148 e. The summed E-state index contributed by atoms with van der Waals surface area (Å²) in [6, 6.07) is 5.44. The van der Waals surface area contributed by atoms with Crippen LogP contribution in [0.2, 0.25) is 5.02 Å². The monoisotopic (exact) mass is 405 g/mol. The number of benzene rings is 1. The van der Waals surface area contributed by atoms with Crippen LogP contribution in [0.1, 0.15) is 11.1 Å². The average molecular weight is 407 g/mol. The Morgan fingerprint density at radius 2 is 1.95 bits per heavy atom. The summed E-state index contributed by atoms with van der Waals surface area (Å²) in [5, 5.41) is 9.69. The molecule has 0 amide bonds. The van der Waals surface area contributed by atoms with Crippen molar-refractivity contribution in [1.29, 1.82) is 0 Å². The number of nitrogens with zero attached hydrogens (tertiary/aromatic N) is 1. The van der Waals surface area contributed by atoms with Gasteiger partial charge >= 0.3 is 0 Å². The lowest BCUT2D eigenvalue weighted by Crippen LogP contribution is -1.99. The Morgan fingerprint density at radius 1 is 1.26 bits per heavy atom. The van der Waals surface area contributed by atoms with Crippen LogP contribution in [-0.2, 0) is 13.2 Å². The molecule has 0 unspecified atom stereocenters. The van der Waals surface area contributed by atoms with E-state index >= 15 is 0 Å². The number of aliphatic hydroxyl groups excluding tert-OH is 1. The van der Waals surface area contributed by atoms with Crippen molar-refractivity contribution < 1.29 is 9.84 Å². The molecule has 19 heavy (non-hydrogen) atoms. The van der Waals surface area contributed by atoms with E-state index in [0.29, 0.717) is 17.4 Å². The van der Waals surface area contributed by atoms with E-state index in [1.54, 1.807) is 12.4 Å². The molecular weight excluding hydrogens is 397 g/mol. The van der Waals surface area contributed by atoms with E-state index in [9.17, 15) is 0 Å². The summed E-state index contributed by atoms with van der Waals surface area (Å²) in [6.07, 6.45) is 3.25. The summed E-state index contributed by atoms with van der Waals surface area (Å²) >= 11 is 12.9. The molecule has 3 nitrogen and oxygen atoms in total. The molecule has 1 N–H and O–H groups in total. The first kappa shape index (κ1) is 14.8. The lowest BCUT2D eigenvalue weighted by molar-refractivity contribution is 0.280. The van der Waals surface area contributed by atoms with E-state index in [4.69, 9.17) is 21.4 Å². The van der Waals surface area contributed by atoms with Gasteiger partial charge in [0.1, 0.15) is 12.4 Å². The molecule has 0 atom stereocenters. The molecule has 0 fully saturated rings. The van der Waals surface area contributed by atoms with E-state index in [-0.39, 0.29) is 6.61 Å². The highest BCUT2D eigenvalue weighted by Gasteiger charge is 2.10. The minimum Gasteiger partial charge on any atom is -0.486 e. The van der Waals surface area contributed by atoms with Crippen molar-refractivity contribution in [3.05, 3.63) is 55.7 Å². The molecule has 100 valence electrons. The topological polar surface area (TPSA) is 42.4 Å². The predicted molar refractivity (Wildman–Crippen MR) is 81.3 cm³/mol. The Morgan fingerprint density at radius 3 is 2.53 bits per heavy atom. The largest absolute Gasteiger partial charge is 0.486 e. The van der Waals surface area contributed by atoms with Crippen molar-refractivity contribution >= 4 is 43.5 Å². The van der Waals surface area contributed by atoms with Crippen LogP contribution < -0.4 is 4.74 Å². The minimum atomic E-state index is -0.0202. The fourth-order valence-corrected chi connectivity index (χ4v) is 3.20. The molecule has 0 saturated carbocycles. The van der Waals surface area contributed by atoms with Crippen LogP contribution in [0.4, 0.5) is 0 Å². The first-order valence-electron chi connectivity index (χ1n) is 5.41. The Hall–Kier alpha value is -0.620. The number of halogens is 3. The Labute approximate surface area is 132 Å². The van der Waals surface area contributed by atoms with Crippen LogP contribution in [0.25, 0.3) is 0 Å². The number of aromatic nitrogens is 1. The zero-order valence-corrected chi connectivity index (χ0v) is 13.7. The fraction of sp³-hybridized carbons (Fsp3) is 0.154. The number of ether oxygens (including phenoxy) is 1. The van der Waals surface area contributed by atoms with Gasteiger partial charge in [-0.3, -0.25) is 4.98 Å². The van der Waals surface area contributed by atoms with Gasteiger partial charge in [0.25, 0.3) is 0 Å². The van der Waals surface area contributed by atoms with Gasteiger partial charge in [-0.25, -0.2) is 0 Å². The number of pyridine rings is 1. The molecular formula is C13H10Br2ClNO2. The van der Waals surface area contributed by atoms with Gasteiger partial charge in [-0.1, -0.05) is 11.6 Å². The van der Waals surface area contributed by atoms with E-state index in [2.05, 4.69) is 36.8 Å². The van der Waals surface area contributed by atoms with E-state index in [0.717, 1.165) is 20.1 Å². The molecule has 0 radical (unpaired) electrons. The summed E-state index contributed by atoms with van der Waals surface area (Å²) in [5.41, 5.74) is 1.66. The molecule has 0 aliphatic carbocycles. The van der Waals surface area contributed by atoms with Gasteiger partial charge in [-0.2, -0.15) is 0 Å². The molecule has 0 bridgehead atoms. The molecule has 0 aliphatic rings. The molecule has 6 heteroatoms. The van der Waals surface area contributed by atoms with Gasteiger partial charge in [0.05, 0.1) is 20.6 Å². The van der Waals surface area contributed by atoms with Crippen molar-refractivity contribution in [2.75, 3.05) is 0 Å². The number of hydrogen-bond acceptors (Lipinski definition) is 3. The number of aliphatic hydroxyl groups is 1. The third kappa shape index (κ3) is 3.69. The molecule has 1 heterocycles. The second kappa shape index (κ2) is 6.70. The number of rotatable bonds is 4. The van der Waals surface area contributed by atoms with Gasteiger partial charge in [-0.15, -0.1) is 0 Å². The quantitative estimate of drug-likeness (QED) is 0.820. The first-order valence-corrected chi connectivity index (χ1v) is 7.38. The maximum atomic E-state index is 9.11. The van der Waals surface area contributed by atoms with E-state index in [1.807, 2.05) is 18.2 Å². The third-order valence-corrected chi connectivity index (χ3v) is 3.99. The van der Waals surface area contributed by atoms with Gasteiger partial charge in [0.15, 0.2) is 0 Å². The predicted octanol–water partition coefficient (Wildman–Crippen LogP) is 4.33. The van der Waals surface area contributed by atoms with Crippen LogP contribution >= 0.6 is 43.5 Å². The van der Waals surface area contributed by atoms with Crippen molar-refractivity contribution in [3.63, 3.8) is 0 Å². The Balaban J connectivity index is 2.18. The molecule has 1 aromatic carbocycles. The van der Waals surface area contributed by atoms with Gasteiger partial charge in [0.2, 0.25) is 0 Å². The molecule has 0 saturated heterocycles. The second-order valence-electron chi connectivity index (χ2n) is 3.80. The molecule has 0 aliphatic heterocycles. The summed E-state index contributed by atoms with van der Waals surface area (Å²) in [7, 11) is 0. The highest BCUT2D eigenvalue weighted by Crippen LogP contribution is 2.35. The van der Waals surface area contributed by atoms with E-state index < -0.39 is 0 Å². The lowest BCUT2D eigenvalue weighted by atomic mass is 10.2. The van der Waals surface area contributed by atoms with Gasteiger partial charge in [-0.05, 0) is 55.6 Å². The van der Waals surface area contributed by atoms with Crippen LogP contribution in [0.15, 0.2) is 39.5 Å². The summed E-state index contributed by atoms with van der Waals surface area (Å²) in [6.45, 7) is 0.324. The minimum absolute atomic E-state index is 0.0202. The SMILES string of the molecule is OCc1cc(Br)c(OCc2ccncc2Cl)c(Br)c1. The second-order valence-corrected chi connectivity index (χ2v) is 5.92. The van der Waals surface area contributed by atoms with Crippen molar-refractivity contribution in [2.45, 2.75) is 13.2 Å². The molecule has 2 aromatic rings. The van der Waals surface area contributed by atoms with E-state index in [1.165, 1.54) is 0 Å². The summed E-state index contributed by atoms with van der Waals surface area (Å²) < 4.78 is 7.29. The van der Waals surface area contributed by atoms with Crippen molar-refractivity contribution in [3.8, 4) is 5.75 Å². The van der Waals surface area contributed by atoms with Gasteiger partial charge < -0.3 is 9.84 Å². The molecule has 2 rings (SSSR count).